The molecule has 1 fully saturated rings. The number of aromatic nitrogens is 1. The van der Waals surface area contributed by atoms with Crippen LogP contribution in [0, 0.1) is 0 Å². The highest BCUT2D eigenvalue weighted by Crippen LogP contribution is 2.26. The van der Waals surface area contributed by atoms with Crippen molar-refractivity contribution in [3.63, 3.8) is 0 Å². The molecule has 2 heterocycles. The molecule has 0 saturated carbocycles. The molecule has 0 bridgehead atoms. The minimum atomic E-state index is -3.99. The van der Waals surface area contributed by atoms with Gasteiger partial charge in [0.1, 0.15) is 19.9 Å². The summed E-state index contributed by atoms with van der Waals surface area (Å²) in [4.78, 5) is 17.2. The van der Waals surface area contributed by atoms with Crippen molar-refractivity contribution in [1.82, 2.24) is 10.3 Å². The molecule has 1 aliphatic rings. The summed E-state index contributed by atoms with van der Waals surface area (Å²) in [5.74, 6) is 0.131. The topological polar surface area (TPSA) is 88.6 Å². The number of carbonyl (C=O) groups is 1. The van der Waals surface area contributed by atoms with Crippen LogP contribution >= 0.6 is 31.9 Å². The van der Waals surface area contributed by atoms with E-state index in [0.29, 0.717) is 28.0 Å². The van der Waals surface area contributed by atoms with E-state index in [1.165, 1.54) is 29.2 Å². The lowest BCUT2D eigenvalue weighted by molar-refractivity contribution is 0.252. The van der Waals surface area contributed by atoms with Crippen LogP contribution < -0.4 is 14.4 Å². The molecule has 2 amide bonds. The van der Waals surface area contributed by atoms with Crippen molar-refractivity contribution >= 4 is 53.7 Å². The number of urea groups is 1. The molecule has 0 atom stereocenters. The molecule has 24 heavy (non-hydrogen) atoms. The Bertz CT molecular complexity index is 867. The van der Waals surface area contributed by atoms with Gasteiger partial charge in [-0.2, -0.15) is 8.42 Å². The van der Waals surface area contributed by atoms with Crippen molar-refractivity contribution in [2.24, 2.45) is 0 Å². The molecule has 126 valence electrons. The molecule has 0 spiro atoms. The fourth-order valence-electron chi connectivity index (χ4n) is 2.18. The van der Waals surface area contributed by atoms with E-state index in [-0.39, 0.29) is 16.7 Å². The van der Waals surface area contributed by atoms with E-state index in [1.54, 1.807) is 12.1 Å². The zero-order chi connectivity index (χ0) is 17.3. The summed E-state index contributed by atoms with van der Waals surface area (Å²) >= 11 is 6.34. The van der Waals surface area contributed by atoms with Gasteiger partial charge in [0.15, 0.2) is 0 Å². The Balaban J connectivity index is 1.83. The number of rotatable bonds is 4. The minimum absolute atomic E-state index is 0.00471. The first kappa shape index (κ1) is 17.2. The van der Waals surface area contributed by atoms with Crippen LogP contribution in [0.2, 0.25) is 0 Å². The van der Waals surface area contributed by atoms with Gasteiger partial charge < -0.3 is 9.50 Å². The van der Waals surface area contributed by atoms with Gasteiger partial charge >= 0.3 is 16.1 Å². The van der Waals surface area contributed by atoms with Crippen LogP contribution in [0.5, 0.6) is 5.75 Å². The maximum absolute atomic E-state index is 12.4. The Hall–Kier alpha value is -1.65. The first-order chi connectivity index (χ1) is 11.3. The lowest BCUT2D eigenvalue weighted by atomic mass is 10.3. The zero-order valence-electron chi connectivity index (χ0n) is 12.1. The van der Waals surface area contributed by atoms with Crippen LogP contribution in [0.3, 0.4) is 0 Å². The summed E-state index contributed by atoms with van der Waals surface area (Å²) in [6, 6.07) is 8.65. The van der Waals surface area contributed by atoms with Crippen molar-refractivity contribution in [3.05, 3.63) is 45.6 Å². The van der Waals surface area contributed by atoms with E-state index in [2.05, 4.69) is 42.2 Å². The second-order valence-corrected chi connectivity index (χ2v) is 8.03. The molecule has 0 aliphatic carbocycles. The standard InChI is InChI=1S/C14H11Br2N3O4S/c15-12-7-10(8-13(16)18-12)23-24(21,22)11-3-1-9(2-4-11)19-6-5-17-14(19)20/h1-4,7-8H,5-6H2,(H,17,20). The molecule has 1 aromatic carbocycles. The Labute approximate surface area is 155 Å². The fourth-order valence-corrected chi connectivity index (χ4v) is 4.16. The third-order valence-electron chi connectivity index (χ3n) is 3.24. The highest BCUT2D eigenvalue weighted by Gasteiger charge is 2.22. The summed E-state index contributed by atoms with van der Waals surface area (Å²) in [6.07, 6.45) is 0. The van der Waals surface area contributed by atoms with Gasteiger partial charge in [0.05, 0.1) is 0 Å². The largest absolute Gasteiger partial charge is 0.379 e. The van der Waals surface area contributed by atoms with Crippen molar-refractivity contribution in [1.29, 1.82) is 0 Å². The Kier molecular flexibility index (Phi) is 4.79. The molecule has 7 nitrogen and oxygen atoms in total. The highest BCUT2D eigenvalue weighted by atomic mass is 79.9. The third-order valence-corrected chi connectivity index (χ3v) is 5.31. The second kappa shape index (κ2) is 6.69. The molecular weight excluding hydrogens is 466 g/mol. The molecule has 0 unspecified atom stereocenters. The Morgan fingerprint density at radius 3 is 2.29 bits per heavy atom. The number of hydrogen-bond donors (Lipinski definition) is 1. The lowest BCUT2D eigenvalue weighted by Crippen LogP contribution is -2.27. The van der Waals surface area contributed by atoms with Crippen molar-refractivity contribution in [2.75, 3.05) is 18.0 Å². The number of hydrogen-bond acceptors (Lipinski definition) is 5. The Morgan fingerprint density at radius 1 is 1.12 bits per heavy atom. The second-order valence-electron chi connectivity index (χ2n) is 4.86. The van der Waals surface area contributed by atoms with Gasteiger partial charge in [0.25, 0.3) is 0 Å². The molecule has 10 heteroatoms. The van der Waals surface area contributed by atoms with E-state index in [0.717, 1.165) is 0 Å². The summed E-state index contributed by atoms with van der Waals surface area (Å²) in [5.41, 5.74) is 0.623. The van der Waals surface area contributed by atoms with E-state index < -0.39 is 10.1 Å². The van der Waals surface area contributed by atoms with Crippen LogP contribution in [0.4, 0.5) is 10.5 Å². The number of pyridine rings is 1. The number of carbonyl (C=O) groups excluding carboxylic acids is 1. The number of nitrogens with zero attached hydrogens (tertiary/aromatic N) is 2. The lowest BCUT2D eigenvalue weighted by Gasteiger charge is -2.14. The molecular formula is C14H11Br2N3O4S. The summed E-state index contributed by atoms with van der Waals surface area (Å²) < 4.78 is 30.7. The van der Waals surface area contributed by atoms with E-state index in [9.17, 15) is 13.2 Å². The number of halogens is 2. The van der Waals surface area contributed by atoms with Crippen molar-refractivity contribution < 1.29 is 17.4 Å². The summed E-state index contributed by atoms with van der Waals surface area (Å²) in [7, 11) is -3.99. The fraction of sp³-hybridized carbons (Fsp3) is 0.143. The average Bonchev–Trinajstić information content (AvgIpc) is 2.92. The zero-order valence-corrected chi connectivity index (χ0v) is 16.1. The SMILES string of the molecule is O=C1NCCN1c1ccc(S(=O)(=O)Oc2cc(Br)nc(Br)c2)cc1. The average molecular weight is 477 g/mol. The molecule has 0 radical (unpaired) electrons. The molecule has 2 aromatic rings. The van der Waals surface area contributed by atoms with E-state index >= 15 is 0 Å². The highest BCUT2D eigenvalue weighted by molar-refractivity contribution is 9.11. The predicted molar refractivity (Wildman–Crippen MR) is 94.6 cm³/mol. The predicted octanol–water partition coefficient (Wildman–Crippen LogP) is 2.90. The van der Waals surface area contributed by atoms with Crippen molar-refractivity contribution in [3.8, 4) is 5.75 Å². The maximum atomic E-state index is 12.4. The van der Waals surface area contributed by atoms with Crippen LogP contribution in [0.1, 0.15) is 0 Å². The van der Waals surface area contributed by atoms with Crippen LogP contribution in [0.15, 0.2) is 50.5 Å². The van der Waals surface area contributed by atoms with Gasteiger partial charge in [0, 0.05) is 30.9 Å². The summed E-state index contributed by atoms with van der Waals surface area (Å²) in [6.45, 7) is 1.11. The smallest absolute Gasteiger partial charge is 0.339 e. The van der Waals surface area contributed by atoms with Gasteiger partial charge in [-0.25, -0.2) is 9.78 Å². The maximum Gasteiger partial charge on any atom is 0.339 e. The van der Waals surface area contributed by atoms with Gasteiger partial charge in [-0.05, 0) is 56.1 Å². The molecule has 1 aromatic heterocycles. The van der Waals surface area contributed by atoms with Gasteiger partial charge in [-0.3, -0.25) is 4.90 Å². The van der Waals surface area contributed by atoms with E-state index in [1.807, 2.05) is 0 Å². The molecule has 1 saturated heterocycles. The normalized spacial score (nSPS) is 14.6. The quantitative estimate of drug-likeness (QED) is 0.541. The number of nitrogens with one attached hydrogen (secondary N) is 1. The van der Waals surface area contributed by atoms with Crippen LogP contribution in [-0.4, -0.2) is 32.5 Å². The monoisotopic (exact) mass is 475 g/mol. The number of benzene rings is 1. The van der Waals surface area contributed by atoms with Gasteiger partial charge in [0.2, 0.25) is 0 Å². The summed E-state index contributed by atoms with van der Waals surface area (Å²) in [5, 5.41) is 2.69. The first-order valence-electron chi connectivity index (χ1n) is 6.78. The van der Waals surface area contributed by atoms with Gasteiger partial charge in [-0.1, -0.05) is 0 Å². The third kappa shape index (κ3) is 3.70. The minimum Gasteiger partial charge on any atom is -0.379 e. The molecule has 1 N–H and O–H groups in total. The molecule has 1 aliphatic heterocycles. The van der Waals surface area contributed by atoms with Crippen molar-refractivity contribution in [2.45, 2.75) is 4.90 Å². The van der Waals surface area contributed by atoms with Gasteiger partial charge in [-0.15, -0.1) is 0 Å². The van der Waals surface area contributed by atoms with Crippen LogP contribution in [-0.2, 0) is 10.1 Å². The number of amides is 2. The van der Waals surface area contributed by atoms with E-state index in [4.69, 9.17) is 4.18 Å². The van der Waals surface area contributed by atoms with Crippen LogP contribution in [0.25, 0.3) is 0 Å². The Morgan fingerprint density at radius 2 is 1.75 bits per heavy atom. The molecule has 3 rings (SSSR count). The first-order valence-corrected chi connectivity index (χ1v) is 9.77. The number of anilines is 1.